The van der Waals surface area contributed by atoms with Gasteiger partial charge in [0.15, 0.2) is 35.1 Å². The molecule has 0 amide bonds. The van der Waals surface area contributed by atoms with Crippen molar-refractivity contribution in [3.8, 4) is 0 Å². The van der Waals surface area contributed by atoms with Gasteiger partial charge in [-0.1, -0.05) is 24.5 Å². The van der Waals surface area contributed by atoms with Crippen LogP contribution in [-0.2, 0) is 36.7 Å². The number of aromatic nitrogens is 8. The van der Waals surface area contributed by atoms with Crippen molar-refractivity contribution < 1.29 is 41.8 Å². The molecule has 24 heteroatoms. The number of nitrogens with two attached hydrogens (primary N) is 2. The van der Waals surface area contributed by atoms with Gasteiger partial charge >= 0.3 is 13.6 Å². The van der Waals surface area contributed by atoms with Gasteiger partial charge in [-0.05, 0) is 0 Å². The third-order valence-corrected chi connectivity index (χ3v) is 10.4. The Balaban J connectivity index is 1.19. The minimum absolute atomic E-state index is 0.0217. The second kappa shape index (κ2) is 11.0. The van der Waals surface area contributed by atoms with Gasteiger partial charge in [0, 0.05) is 6.42 Å². The Morgan fingerprint density at radius 1 is 0.909 bits per heavy atom. The van der Waals surface area contributed by atoms with E-state index >= 15 is 0 Å². The lowest BCUT2D eigenvalue weighted by Crippen LogP contribution is -2.35. The Hall–Kier alpha value is -2.62. The SMILES string of the molecule is Nc1nc2c(ncn2[C@@H]2O[C@@H]3CO[P@@](=O)(S)O[C@H]4[C@@H](O)[C@H](n5cnc6c(N)ncnc65)O[C@@H]4CO[P@](=O)(S)O[C@@H]2C3)c(=O)[nH]1. The molecule has 2 bridgehead atoms. The van der Waals surface area contributed by atoms with E-state index in [-0.39, 0.29) is 47.1 Å². The predicted molar refractivity (Wildman–Crippen MR) is 156 cm³/mol. The zero-order chi connectivity index (χ0) is 31.0. The molecule has 3 aliphatic heterocycles. The first-order chi connectivity index (χ1) is 20.9. The van der Waals surface area contributed by atoms with Gasteiger partial charge in [-0.3, -0.25) is 37.0 Å². The van der Waals surface area contributed by atoms with Crippen LogP contribution in [0.25, 0.3) is 22.3 Å². The Labute approximate surface area is 256 Å². The highest BCUT2D eigenvalue weighted by molar-refractivity contribution is 8.44. The van der Waals surface area contributed by atoms with Gasteiger partial charge in [0.1, 0.15) is 36.3 Å². The van der Waals surface area contributed by atoms with Crippen LogP contribution in [0.2, 0.25) is 0 Å². The standard InChI is InChI=1S/C20H24N10O10P2S2/c21-14-10-15(24-4-23-14)29(5-25-10)19-12(31)13-9(38-19)3-36-41(33,43)39-8-1-7(2-35-42(34,44)40-13)37-18(8)30-6-26-11-16(30)27-20(22)28-17(11)32/h4-9,12-13,18-19,31H,1-3H2,(H,33,43)(H,34,44)(H2,21,23,24)(H3,22,27,28,32)/t7-,8+,9+,12+,13+,18+,19+,41-,42+/m0/s1. The molecule has 3 aliphatic rings. The lowest BCUT2D eigenvalue weighted by Gasteiger charge is -2.26. The highest BCUT2D eigenvalue weighted by atomic mass is 32.7. The average Bonchev–Trinajstić information content (AvgIpc) is 3.72. The molecule has 0 radical (unpaired) electrons. The quantitative estimate of drug-likeness (QED) is 0.124. The normalized spacial score (nSPS) is 36.6. The van der Waals surface area contributed by atoms with Crippen molar-refractivity contribution in [1.29, 1.82) is 0 Å². The molecule has 0 unspecified atom stereocenters. The summed E-state index contributed by atoms with van der Waals surface area (Å²) >= 11 is 8.24. The molecule has 3 fully saturated rings. The zero-order valence-corrected chi connectivity index (χ0v) is 25.7. The lowest BCUT2D eigenvalue weighted by atomic mass is 10.1. The van der Waals surface area contributed by atoms with Crippen molar-refractivity contribution in [2.75, 3.05) is 24.7 Å². The second-order valence-electron chi connectivity index (χ2n) is 10.0. The number of aliphatic hydroxyl groups excluding tert-OH is 1. The van der Waals surface area contributed by atoms with Crippen LogP contribution in [0.3, 0.4) is 0 Å². The number of thiol groups is 2. The maximum Gasteiger partial charge on any atom is 0.386 e. The number of H-pyrrole nitrogens is 1. The van der Waals surface area contributed by atoms with Crippen LogP contribution >= 0.6 is 38.1 Å². The van der Waals surface area contributed by atoms with Crippen molar-refractivity contribution in [2.24, 2.45) is 0 Å². The van der Waals surface area contributed by atoms with Crippen LogP contribution in [0.1, 0.15) is 18.9 Å². The fourth-order valence-electron chi connectivity index (χ4n) is 5.29. The number of imidazole rings is 2. The van der Waals surface area contributed by atoms with Gasteiger partial charge in [0.25, 0.3) is 5.56 Å². The molecule has 0 aromatic carbocycles. The molecule has 0 saturated carbocycles. The number of anilines is 2. The van der Waals surface area contributed by atoms with E-state index in [2.05, 4.69) is 54.4 Å². The number of aromatic amines is 1. The number of hydrogen-bond acceptors (Lipinski definition) is 17. The Kier molecular flexibility index (Phi) is 7.53. The topological polar surface area (TPSA) is 269 Å². The largest absolute Gasteiger partial charge is 0.386 e. The average molecular weight is 691 g/mol. The van der Waals surface area contributed by atoms with E-state index in [4.69, 9.17) is 39.0 Å². The summed E-state index contributed by atoms with van der Waals surface area (Å²) in [4.78, 5) is 35.1. The van der Waals surface area contributed by atoms with E-state index in [1.54, 1.807) is 0 Å². The molecule has 0 spiro atoms. The van der Waals surface area contributed by atoms with Crippen LogP contribution in [-0.4, -0.2) is 87.9 Å². The maximum absolute atomic E-state index is 13.5. The van der Waals surface area contributed by atoms with E-state index in [9.17, 15) is 19.0 Å². The van der Waals surface area contributed by atoms with Gasteiger partial charge in [-0.25, -0.2) is 29.1 Å². The number of nitrogens with zero attached hydrogens (tertiary/aromatic N) is 7. The molecule has 0 aliphatic carbocycles. The molecule has 236 valence electrons. The highest BCUT2D eigenvalue weighted by Crippen LogP contribution is 2.60. The van der Waals surface area contributed by atoms with Crippen molar-refractivity contribution in [2.45, 2.75) is 49.4 Å². The number of hydrogen-bond donors (Lipinski definition) is 6. The van der Waals surface area contributed by atoms with E-state index < -0.39 is 68.7 Å². The molecule has 7 heterocycles. The number of fused-ring (bicyclic) bond motifs is 5. The lowest BCUT2D eigenvalue weighted by molar-refractivity contribution is -0.0571. The summed E-state index contributed by atoms with van der Waals surface area (Å²) < 4.78 is 64.3. The van der Waals surface area contributed by atoms with Gasteiger partial charge in [0.05, 0.1) is 32.0 Å². The molecular formula is C20H24N10O10P2S2. The van der Waals surface area contributed by atoms with Crippen molar-refractivity contribution in [1.82, 2.24) is 39.0 Å². The summed E-state index contributed by atoms with van der Waals surface area (Å²) in [5, 5.41) is 11.2. The van der Waals surface area contributed by atoms with Crippen molar-refractivity contribution >= 4 is 72.2 Å². The molecule has 3 saturated heterocycles. The molecule has 4 aromatic rings. The van der Waals surface area contributed by atoms with E-state index in [1.807, 2.05) is 0 Å². The summed E-state index contributed by atoms with van der Waals surface area (Å²) in [5.74, 6) is -0.0565. The fraction of sp³-hybridized carbons (Fsp3) is 0.500. The van der Waals surface area contributed by atoms with Crippen LogP contribution in [0.5, 0.6) is 0 Å². The molecule has 4 aromatic heterocycles. The zero-order valence-electron chi connectivity index (χ0n) is 22.1. The van der Waals surface area contributed by atoms with Gasteiger partial charge < -0.3 is 26.0 Å². The molecule has 7 rings (SSSR count). The summed E-state index contributed by atoms with van der Waals surface area (Å²) in [6, 6.07) is 0. The summed E-state index contributed by atoms with van der Waals surface area (Å²) in [6.07, 6.45) is -4.19. The van der Waals surface area contributed by atoms with Crippen LogP contribution < -0.4 is 17.0 Å². The fourth-order valence-corrected chi connectivity index (χ4v) is 8.30. The van der Waals surface area contributed by atoms with Gasteiger partial charge in [-0.15, -0.1) is 0 Å². The van der Waals surface area contributed by atoms with E-state index in [1.165, 1.54) is 28.1 Å². The molecule has 6 N–H and O–H groups in total. The van der Waals surface area contributed by atoms with Crippen LogP contribution in [0, 0.1) is 0 Å². The molecule has 20 nitrogen and oxygen atoms in total. The Morgan fingerprint density at radius 2 is 1.61 bits per heavy atom. The van der Waals surface area contributed by atoms with Crippen LogP contribution in [0.4, 0.5) is 11.8 Å². The predicted octanol–water partition coefficient (Wildman–Crippen LogP) is 0.563. The maximum atomic E-state index is 13.5. The number of nitrogens with one attached hydrogen (secondary N) is 1. The highest BCUT2D eigenvalue weighted by Gasteiger charge is 2.51. The van der Waals surface area contributed by atoms with Gasteiger partial charge in [0.2, 0.25) is 5.95 Å². The monoisotopic (exact) mass is 690 g/mol. The number of nitrogen functional groups attached to an aromatic ring is 2. The number of ether oxygens (including phenoxy) is 2. The summed E-state index contributed by atoms with van der Waals surface area (Å²) in [7, 11) is 0. The number of rotatable bonds is 2. The minimum atomic E-state index is -4.19. The summed E-state index contributed by atoms with van der Waals surface area (Å²) in [6.45, 7) is -9.19. The van der Waals surface area contributed by atoms with Crippen molar-refractivity contribution in [3.63, 3.8) is 0 Å². The van der Waals surface area contributed by atoms with Crippen LogP contribution in [0.15, 0.2) is 23.8 Å². The molecular weight excluding hydrogens is 666 g/mol. The van der Waals surface area contributed by atoms with Crippen molar-refractivity contribution in [3.05, 3.63) is 29.3 Å². The second-order valence-corrected chi connectivity index (χ2v) is 15.8. The first-order valence-electron chi connectivity index (χ1n) is 12.8. The minimum Gasteiger partial charge on any atom is -0.386 e. The first kappa shape index (κ1) is 30.1. The molecule has 44 heavy (non-hydrogen) atoms. The third kappa shape index (κ3) is 5.43. The Bertz CT molecular complexity index is 1910. The summed E-state index contributed by atoms with van der Waals surface area (Å²) in [5.41, 5.74) is 11.6. The van der Waals surface area contributed by atoms with E-state index in [0.29, 0.717) is 0 Å². The number of aliphatic hydroxyl groups is 1. The molecule has 9 atom stereocenters. The smallest absolute Gasteiger partial charge is 0.386 e. The Morgan fingerprint density at radius 3 is 2.41 bits per heavy atom. The van der Waals surface area contributed by atoms with E-state index in [0.717, 1.165) is 0 Å². The first-order valence-corrected chi connectivity index (χ1v) is 18.2. The third-order valence-electron chi connectivity index (χ3n) is 7.19. The van der Waals surface area contributed by atoms with Gasteiger partial charge in [-0.2, -0.15) is 4.98 Å².